The largest absolute Gasteiger partial charge is 0.377 e. The SMILES string of the molecule is CC1(C(=O)N2CCC(OCCCl)CC2)CCCC1. The molecule has 0 aromatic heterocycles. The van der Waals surface area contributed by atoms with Gasteiger partial charge >= 0.3 is 0 Å². The van der Waals surface area contributed by atoms with Crippen LogP contribution in [0.15, 0.2) is 0 Å². The van der Waals surface area contributed by atoms with Gasteiger partial charge in [0.15, 0.2) is 0 Å². The van der Waals surface area contributed by atoms with Crippen molar-refractivity contribution in [2.24, 2.45) is 5.41 Å². The Kier molecular flexibility index (Phi) is 4.91. The van der Waals surface area contributed by atoms with Crippen LogP contribution < -0.4 is 0 Å². The van der Waals surface area contributed by atoms with E-state index in [4.69, 9.17) is 16.3 Å². The molecule has 0 atom stereocenters. The second kappa shape index (κ2) is 6.25. The number of nitrogens with zero attached hydrogens (tertiary/aromatic N) is 1. The molecule has 0 aromatic rings. The first-order chi connectivity index (χ1) is 8.65. The topological polar surface area (TPSA) is 29.5 Å². The van der Waals surface area contributed by atoms with Gasteiger partial charge in [0.25, 0.3) is 0 Å². The summed E-state index contributed by atoms with van der Waals surface area (Å²) in [5, 5.41) is 0. The van der Waals surface area contributed by atoms with E-state index < -0.39 is 0 Å². The third-order valence-electron chi connectivity index (χ3n) is 4.38. The molecule has 0 aromatic carbocycles. The predicted molar refractivity (Wildman–Crippen MR) is 72.8 cm³/mol. The van der Waals surface area contributed by atoms with Crippen LogP contribution in [0.2, 0.25) is 0 Å². The number of halogens is 1. The van der Waals surface area contributed by atoms with Gasteiger partial charge in [-0.3, -0.25) is 4.79 Å². The predicted octanol–water partition coefficient (Wildman–Crippen LogP) is 2.81. The number of alkyl halides is 1. The Morgan fingerprint density at radius 3 is 2.50 bits per heavy atom. The van der Waals surface area contributed by atoms with Gasteiger partial charge in [-0.2, -0.15) is 0 Å². The first-order valence-electron chi connectivity index (χ1n) is 7.13. The Hall–Kier alpha value is -0.280. The average molecular weight is 274 g/mol. The zero-order chi connectivity index (χ0) is 13.0. The molecular weight excluding hydrogens is 250 g/mol. The molecule has 2 rings (SSSR count). The van der Waals surface area contributed by atoms with Crippen LogP contribution in [0.4, 0.5) is 0 Å². The monoisotopic (exact) mass is 273 g/mol. The standard InChI is InChI=1S/C14H24ClNO2/c1-14(6-2-3-7-14)13(17)16-9-4-12(5-10-16)18-11-8-15/h12H,2-11H2,1H3. The summed E-state index contributed by atoms with van der Waals surface area (Å²) in [7, 11) is 0. The lowest BCUT2D eigenvalue weighted by molar-refractivity contribution is -0.143. The van der Waals surface area contributed by atoms with Crippen LogP contribution in [0.1, 0.15) is 45.4 Å². The van der Waals surface area contributed by atoms with Crippen molar-refractivity contribution >= 4 is 17.5 Å². The molecule has 0 bridgehead atoms. The third-order valence-corrected chi connectivity index (χ3v) is 4.54. The quantitative estimate of drug-likeness (QED) is 0.737. The van der Waals surface area contributed by atoms with E-state index in [2.05, 4.69) is 6.92 Å². The van der Waals surface area contributed by atoms with E-state index in [-0.39, 0.29) is 5.41 Å². The molecule has 1 saturated carbocycles. The van der Waals surface area contributed by atoms with Gasteiger partial charge in [0.1, 0.15) is 0 Å². The smallest absolute Gasteiger partial charge is 0.228 e. The van der Waals surface area contributed by atoms with Crippen molar-refractivity contribution in [3.05, 3.63) is 0 Å². The number of carbonyl (C=O) groups is 1. The molecule has 18 heavy (non-hydrogen) atoms. The molecule has 0 N–H and O–H groups in total. The Balaban J connectivity index is 1.80. The first-order valence-corrected chi connectivity index (χ1v) is 7.66. The molecule has 104 valence electrons. The maximum Gasteiger partial charge on any atom is 0.228 e. The van der Waals surface area contributed by atoms with Gasteiger partial charge in [-0.25, -0.2) is 0 Å². The van der Waals surface area contributed by atoms with Crippen LogP contribution in [0, 0.1) is 5.41 Å². The van der Waals surface area contributed by atoms with E-state index in [1.807, 2.05) is 4.90 Å². The molecule has 0 radical (unpaired) electrons. The van der Waals surface area contributed by atoms with E-state index in [0.29, 0.717) is 24.5 Å². The molecule has 0 unspecified atom stereocenters. The summed E-state index contributed by atoms with van der Waals surface area (Å²) in [6, 6.07) is 0. The van der Waals surface area contributed by atoms with Gasteiger partial charge in [0.2, 0.25) is 5.91 Å². The minimum Gasteiger partial charge on any atom is -0.377 e. The maximum absolute atomic E-state index is 12.5. The molecule has 3 nitrogen and oxygen atoms in total. The Morgan fingerprint density at radius 2 is 1.94 bits per heavy atom. The van der Waals surface area contributed by atoms with Crippen LogP contribution in [0.3, 0.4) is 0 Å². The molecule has 1 saturated heterocycles. The van der Waals surface area contributed by atoms with Crippen molar-refractivity contribution < 1.29 is 9.53 Å². The van der Waals surface area contributed by atoms with Gasteiger partial charge in [0, 0.05) is 24.4 Å². The summed E-state index contributed by atoms with van der Waals surface area (Å²) in [4.78, 5) is 14.6. The number of rotatable bonds is 4. The van der Waals surface area contributed by atoms with Crippen LogP contribution in [0.5, 0.6) is 0 Å². The minimum atomic E-state index is -0.0795. The van der Waals surface area contributed by atoms with E-state index in [1.54, 1.807) is 0 Å². The fraction of sp³-hybridized carbons (Fsp3) is 0.929. The number of amides is 1. The number of hydrogen-bond donors (Lipinski definition) is 0. The van der Waals surface area contributed by atoms with Gasteiger partial charge in [-0.1, -0.05) is 19.8 Å². The molecule has 2 fully saturated rings. The molecule has 2 aliphatic rings. The van der Waals surface area contributed by atoms with E-state index in [0.717, 1.165) is 38.8 Å². The van der Waals surface area contributed by atoms with E-state index in [9.17, 15) is 4.79 Å². The summed E-state index contributed by atoms with van der Waals surface area (Å²) in [5.74, 6) is 0.924. The van der Waals surface area contributed by atoms with Gasteiger partial charge in [-0.05, 0) is 25.7 Å². The van der Waals surface area contributed by atoms with Crippen molar-refractivity contribution in [3.63, 3.8) is 0 Å². The number of likely N-dealkylation sites (tertiary alicyclic amines) is 1. The maximum atomic E-state index is 12.5. The molecule has 1 amide bonds. The van der Waals surface area contributed by atoms with Crippen molar-refractivity contribution in [3.8, 4) is 0 Å². The average Bonchev–Trinajstić information content (AvgIpc) is 2.84. The van der Waals surface area contributed by atoms with Crippen molar-refractivity contribution in [1.29, 1.82) is 0 Å². The Morgan fingerprint density at radius 1 is 1.33 bits per heavy atom. The minimum absolute atomic E-state index is 0.0795. The van der Waals surface area contributed by atoms with Gasteiger partial charge < -0.3 is 9.64 Å². The van der Waals surface area contributed by atoms with Crippen molar-refractivity contribution in [2.45, 2.75) is 51.6 Å². The molecule has 0 spiro atoms. The Bertz CT molecular complexity index is 282. The van der Waals surface area contributed by atoms with Gasteiger partial charge in [-0.15, -0.1) is 11.6 Å². The summed E-state index contributed by atoms with van der Waals surface area (Å²) >= 11 is 5.61. The summed E-state index contributed by atoms with van der Waals surface area (Å²) in [5.41, 5.74) is -0.0795. The van der Waals surface area contributed by atoms with Crippen LogP contribution in [0.25, 0.3) is 0 Å². The van der Waals surface area contributed by atoms with Crippen LogP contribution in [-0.2, 0) is 9.53 Å². The number of hydrogen-bond acceptors (Lipinski definition) is 2. The lowest BCUT2D eigenvalue weighted by Crippen LogP contribution is -2.46. The second-order valence-corrected chi connectivity index (χ2v) is 6.20. The summed E-state index contributed by atoms with van der Waals surface area (Å²) in [6.45, 7) is 4.46. The molecular formula is C14H24ClNO2. The highest BCUT2D eigenvalue weighted by molar-refractivity contribution is 6.17. The number of piperidine rings is 1. The van der Waals surface area contributed by atoms with Crippen molar-refractivity contribution in [2.75, 3.05) is 25.6 Å². The number of ether oxygens (including phenoxy) is 1. The lowest BCUT2D eigenvalue weighted by atomic mass is 9.86. The highest BCUT2D eigenvalue weighted by Crippen LogP contribution is 2.39. The zero-order valence-electron chi connectivity index (χ0n) is 11.3. The normalized spacial score (nSPS) is 24.4. The van der Waals surface area contributed by atoms with Crippen molar-refractivity contribution in [1.82, 2.24) is 4.90 Å². The third kappa shape index (κ3) is 3.18. The second-order valence-electron chi connectivity index (χ2n) is 5.82. The first kappa shape index (κ1) is 14.1. The molecule has 1 aliphatic carbocycles. The summed E-state index contributed by atoms with van der Waals surface area (Å²) < 4.78 is 5.64. The fourth-order valence-electron chi connectivity index (χ4n) is 3.19. The van der Waals surface area contributed by atoms with Gasteiger partial charge in [0.05, 0.1) is 12.7 Å². The molecule has 1 heterocycles. The van der Waals surface area contributed by atoms with E-state index >= 15 is 0 Å². The Labute approximate surface area is 115 Å². The van der Waals surface area contributed by atoms with Crippen LogP contribution in [-0.4, -0.2) is 42.5 Å². The number of carbonyl (C=O) groups excluding carboxylic acids is 1. The fourth-order valence-corrected chi connectivity index (χ4v) is 3.28. The molecule has 1 aliphatic heterocycles. The molecule has 4 heteroatoms. The zero-order valence-corrected chi connectivity index (χ0v) is 12.0. The highest BCUT2D eigenvalue weighted by atomic mass is 35.5. The highest BCUT2D eigenvalue weighted by Gasteiger charge is 2.39. The van der Waals surface area contributed by atoms with Crippen LogP contribution >= 0.6 is 11.6 Å². The summed E-state index contributed by atoms with van der Waals surface area (Å²) in [6.07, 6.45) is 6.75. The lowest BCUT2D eigenvalue weighted by Gasteiger charge is -2.36. The van der Waals surface area contributed by atoms with E-state index in [1.165, 1.54) is 12.8 Å².